The summed E-state index contributed by atoms with van der Waals surface area (Å²) >= 11 is 6.21. The molecule has 2 aliphatic carbocycles. The molecule has 0 unspecified atom stereocenters. The molecular formula is C28H27ClN2O5. The molecule has 0 radical (unpaired) electrons. The number of benzene rings is 2. The molecule has 4 aliphatic rings. The number of amides is 3. The summed E-state index contributed by atoms with van der Waals surface area (Å²) in [4.78, 5) is 54.7. The molecule has 2 saturated carbocycles. The summed E-state index contributed by atoms with van der Waals surface area (Å²) in [6.45, 7) is 3.91. The Morgan fingerprint density at radius 2 is 1.64 bits per heavy atom. The lowest BCUT2D eigenvalue weighted by molar-refractivity contribution is -0.139. The zero-order valence-electron chi connectivity index (χ0n) is 20.2. The fraction of sp³-hybridized carbons (Fsp3) is 0.429. The van der Waals surface area contributed by atoms with Crippen molar-refractivity contribution in [2.75, 3.05) is 16.3 Å². The van der Waals surface area contributed by atoms with Crippen LogP contribution < -0.4 is 14.5 Å². The first-order valence-corrected chi connectivity index (χ1v) is 12.9. The van der Waals surface area contributed by atoms with Crippen LogP contribution in [0.2, 0.25) is 5.02 Å². The van der Waals surface area contributed by atoms with Gasteiger partial charge in [0.15, 0.2) is 0 Å². The molecule has 0 aromatic heterocycles. The molecule has 6 rings (SSSR count). The topological polar surface area (TPSA) is 84.0 Å². The molecule has 2 bridgehead atoms. The second-order valence-corrected chi connectivity index (χ2v) is 11.0. The van der Waals surface area contributed by atoms with E-state index >= 15 is 0 Å². The van der Waals surface area contributed by atoms with Crippen LogP contribution in [0, 0.1) is 43.4 Å². The Morgan fingerprint density at radius 1 is 0.944 bits per heavy atom. The first-order chi connectivity index (χ1) is 17.2. The van der Waals surface area contributed by atoms with Gasteiger partial charge in [-0.05, 0) is 86.4 Å². The maximum absolute atomic E-state index is 13.2. The minimum absolute atomic E-state index is 0.0588. The number of anilines is 2. The van der Waals surface area contributed by atoms with Crippen LogP contribution in [0.25, 0.3) is 0 Å². The van der Waals surface area contributed by atoms with Crippen molar-refractivity contribution in [2.24, 2.45) is 29.6 Å². The van der Waals surface area contributed by atoms with Crippen LogP contribution in [-0.4, -0.2) is 30.2 Å². The number of hydrogen-bond acceptors (Lipinski definition) is 5. The van der Waals surface area contributed by atoms with E-state index in [4.69, 9.17) is 16.3 Å². The van der Waals surface area contributed by atoms with E-state index in [-0.39, 0.29) is 42.5 Å². The largest absolute Gasteiger partial charge is 0.426 e. The molecule has 2 aromatic rings. The first kappa shape index (κ1) is 23.2. The molecule has 0 N–H and O–H groups in total. The normalized spacial score (nSPS) is 28.9. The number of carbonyl (C=O) groups excluding carboxylic acids is 4. The quantitative estimate of drug-likeness (QED) is 0.347. The standard InChI is InChI=1S/C28H27ClN2O5/c1-14-3-6-19(12-21(14)29)30-13-18(11-23(30)32)28(35)36-20-7-8-22(15(2)9-20)31-26(33)24-16-4-5-17(10-16)25(24)27(31)34/h3,6-9,12,16-18,24-25H,4-5,10-11,13H2,1-2H3/t16-,17-,18+,24-,25+/m0/s1. The summed E-state index contributed by atoms with van der Waals surface area (Å²) in [5.41, 5.74) is 2.81. The van der Waals surface area contributed by atoms with Crippen molar-refractivity contribution in [1.29, 1.82) is 0 Å². The minimum atomic E-state index is -0.603. The number of esters is 1. The van der Waals surface area contributed by atoms with Crippen molar-refractivity contribution >= 4 is 46.7 Å². The second-order valence-electron chi connectivity index (χ2n) is 10.6. The molecule has 2 saturated heterocycles. The zero-order chi connectivity index (χ0) is 25.3. The van der Waals surface area contributed by atoms with E-state index in [2.05, 4.69) is 0 Å². The SMILES string of the molecule is Cc1ccc(N2C[C@H](C(=O)Oc3ccc(N4C(=O)[C@@H]5[C@H]6CC[C@@H](C6)[C@@H]5C4=O)c(C)c3)CC2=O)cc1Cl. The van der Waals surface area contributed by atoms with Crippen molar-refractivity contribution in [3.63, 3.8) is 0 Å². The van der Waals surface area contributed by atoms with Gasteiger partial charge in [0.1, 0.15) is 5.75 Å². The molecule has 4 fully saturated rings. The van der Waals surface area contributed by atoms with Crippen molar-refractivity contribution < 1.29 is 23.9 Å². The molecule has 7 nitrogen and oxygen atoms in total. The number of rotatable bonds is 4. The maximum atomic E-state index is 13.2. The average molecular weight is 507 g/mol. The summed E-state index contributed by atoms with van der Waals surface area (Å²) < 4.78 is 5.61. The van der Waals surface area contributed by atoms with E-state index < -0.39 is 11.9 Å². The van der Waals surface area contributed by atoms with E-state index in [0.717, 1.165) is 24.8 Å². The van der Waals surface area contributed by atoms with Gasteiger partial charge in [-0.2, -0.15) is 0 Å². The van der Waals surface area contributed by atoms with Crippen molar-refractivity contribution in [1.82, 2.24) is 0 Å². The number of ether oxygens (including phenoxy) is 1. The third-order valence-electron chi connectivity index (χ3n) is 8.48. The van der Waals surface area contributed by atoms with Gasteiger partial charge >= 0.3 is 5.97 Å². The number of carbonyl (C=O) groups is 4. The molecular weight excluding hydrogens is 480 g/mol. The minimum Gasteiger partial charge on any atom is -0.426 e. The van der Waals surface area contributed by atoms with Gasteiger partial charge in [-0.25, -0.2) is 4.90 Å². The van der Waals surface area contributed by atoms with Crippen LogP contribution in [-0.2, 0) is 19.2 Å². The predicted molar refractivity (Wildman–Crippen MR) is 134 cm³/mol. The summed E-state index contributed by atoms with van der Waals surface area (Å²) in [6, 6.07) is 10.3. The van der Waals surface area contributed by atoms with Crippen molar-refractivity contribution in [3.8, 4) is 5.75 Å². The van der Waals surface area contributed by atoms with Crippen LogP contribution in [0.4, 0.5) is 11.4 Å². The molecule has 3 amide bonds. The fourth-order valence-electron chi connectivity index (χ4n) is 6.65. The Balaban J connectivity index is 1.15. The molecule has 2 aromatic carbocycles. The number of fused-ring (bicyclic) bond motifs is 5. The summed E-state index contributed by atoms with van der Waals surface area (Å²) in [5.74, 6) is -0.822. The van der Waals surface area contributed by atoms with Crippen LogP contribution >= 0.6 is 11.6 Å². The zero-order valence-corrected chi connectivity index (χ0v) is 21.0. The van der Waals surface area contributed by atoms with Gasteiger partial charge < -0.3 is 9.64 Å². The van der Waals surface area contributed by atoms with E-state index in [1.54, 1.807) is 36.1 Å². The average Bonchev–Trinajstić information content (AvgIpc) is 3.60. The molecule has 2 aliphatic heterocycles. The maximum Gasteiger partial charge on any atom is 0.316 e. The van der Waals surface area contributed by atoms with Gasteiger partial charge in [0, 0.05) is 23.7 Å². The highest BCUT2D eigenvalue weighted by Gasteiger charge is 2.61. The highest BCUT2D eigenvalue weighted by molar-refractivity contribution is 6.31. The lowest BCUT2D eigenvalue weighted by Gasteiger charge is -2.20. The van der Waals surface area contributed by atoms with Crippen LogP contribution in [0.1, 0.15) is 36.8 Å². The number of halogens is 1. The Bertz CT molecular complexity index is 1300. The van der Waals surface area contributed by atoms with Gasteiger partial charge in [-0.1, -0.05) is 17.7 Å². The van der Waals surface area contributed by atoms with Crippen LogP contribution in [0.3, 0.4) is 0 Å². The third-order valence-corrected chi connectivity index (χ3v) is 8.89. The van der Waals surface area contributed by atoms with Crippen LogP contribution in [0.5, 0.6) is 5.75 Å². The van der Waals surface area contributed by atoms with Gasteiger partial charge in [-0.3, -0.25) is 19.2 Å². The number of nitrogens with zero attached hydrogens (tertiary/aromatic N) is 2. The van der Waals surface area contributed by atoms with E-state index in [1.165, 1.54) is 4.90 Å². The highest BCUT2D eigenvalue weighted by Crippen LogP contribution is 2.56. The Kier molecular flexibility index (Phi) is 5.45. The van der Waals surface area contributed by atoms with Crippen LogP contribution in [0.15, 0.2) is 36.4 Å². The first-order valence-electron chi connectivity index (χ1n) is 12.5. The molecule has 5 atom stereocenters. The summed E-state index contributed by atoms with van der Waals surface area (Å²) in [5, 5.41) is 0.563. The van der Waals surface area contributed by atoms with E-state index in [9.17, 15) is 19.2 Å². The lowest BCUT2D eigenvalue weighted by Crippen LogP contribution is -2.33. The third kappa shape index (κ3) is 3.55. The summed E-state index contributed by atoms with van der Waals surface area (Å²) in [7, 11) is 0. The smallest absolute Gasteiger partial charge is 0.316 e. The molecule has 186 valence electrons. The number of aryl methyl sites for hydroxylation is 2. The molecule has 8 heteroatoms. The Hall–Kier alpha value is -3.19. The van der Waals surface area contributed by atoms with Gasteiger partial charge in [-0.15, -0.1) is 0 Å². The van der Waals surface area contributed by atoms with Gasteiger partial charge in [0.25, 0.3) is 0 Å². The van der Waals surface area contributed by atoms with Crippen molar-refractivity contribution in [2.45, 2.75) is 39.5 Å². The fourth-order valence-corrected chi connectivity index (χ4v) is 6.83. The van der Waals surface area contributed by atoms with E-state index in [1.807, 2.05) is 19.1 Å². The lowest BCUT2D eigenvalue weighted by atomic mass is 9.81. The van der Waals surface area contributed by atoms with Crippen molar-refractivity contribution in [3.05, 3.63) is 52.5 Å². The predicted octanol–water partition coefficient (Wildman–Crippen LogP) is 4.45. The molecule has 36 heavy (non-hydrogen) atoms. The summed E-state index contributed by atoms with van der Waals surface area (Å²) in [6.07, 6.45) is 3.12. The second kappa shape index (κ2) is 8.44. The molecule has 0 spiro atoms. The van der Waals surface area contributed by atoms with E-state index in [0.29, 0.717) is 39.5 Å². The molecule has 2 heterocycles. The number of imide groups is 1. The Morgan fingerprint density at radius 3 is 2.28 bits per heavy atom. The monoisotopic (exact) mass is 506 g/mol. The van der Waals surface area contributed by atoms with Gasteiger partial charge in [0.05, 0.1) is 23.4 Å². The van der Waals surface area contributed by atoms with Gasteiger partial charge in [0.2, 0.25) is 17.7 Å². The highest BCUT2D eigenvalue weighted by atomic mass is 35.5. The number of hydrogen-bond donors (Lipinski definition) is 0. The Labute approximate surface area is 214 Å².